The van der Waals surface area contributed by atoms with Gasteiger partial charge in [-0.2, -0.15) is 0 Å². The summed E-state index contributed by atoms with van der Waals surface area (Å²) in [6.45, 7) is 0. The first kappa shape index (κ1) is 13.5. The molecule has 9 nitrogen and oxygen atoms in total. The molecule has 2 rings (SSSR count). The molecule has 0 unspecified atom stereocenters. The van der Waals surface area contributed by atoms with Crippen molar-refractivity contribution in [3.8, 4) is 0 Å². The SMILES string of the molecule is O=C(Nc1ccc([N+](=O)[O-])cc1C(=O)O)c1csnn1. The summed E-state index contributed by atoms with van der Waals surface area (Å²) < 4.78 is 3.50. The minimum Gasteiger partial charge on any atom is -0.478 e. The van der Waals surface area contributed by atoms with Crippen LogP contribution < -0.4 is 5.32 Å². The number of nitrogens with zero attached hydrogens (tertiary/aromatic N) is 3. The van der Waals surface area contributed by atoms with Crippen LogP contribution in [-0.4, -0.2) is 31.5 Å². The van der Waals surface area contributed by atoms with Crippen molar-refractivity contribution in [3.63, 3.8) is 0 Å². The summed E-state index contributed by atoms with van der Waals surface area (Å²) in [7, 11) is 0. The monoisotopic (exact) mass is 294 g/mol. The maximum Gasteiger partial charge on any atom is 0.338 e. The molecule has 0 bridgehead atoms. The number of anilines is 1. The molecule has 20 heavy (non-hydrogen) atoms. The topological polar surface area (TPSA) is 135 Å². The Morgan fingerprint density at radius 2 is 2.15 bits per heavy atom. The lowest BCUT2D eigenvalue weighted by atomic mass is 10.1. The van der Waals surface area contributed by atoms with Crippen molar-refractivity contribution < 1.29 is 19.6 Å². The number of hydrogen-bond acceptors (Lipinski definition) is 7. The smallest absolute Gasteiger partial charge is 0.338 e. The first-order valence-corrected chi connectivity index (χ1v) is 5.93. The molecule has 1 aromatic carbocycles. The van der Waals surface area contributed by atoms with Crippen molar-refractivity contribution in [1.82, 2.24) is 9.59 Å². The number of nitro benzene ring substituents is 1. The second kappa shape index (κ2) is 5.40. The predicted molar refractivity (Wildman–Crippen MR) is 67.9 cm³/mol. The second-order valence-corrected chi connectivity index (χ2v) is 4.15. The van der Waals surface area contributed by atoms with E-state index in [2.05, 4.69) is 14.9 Å². The molecule has 0 saturated carbocycles. The van der Waals surface area contributed by atoms with Crippen LogP contribution in [0.2, 0.25) is 0 Å². The predicted octanol–water partition coefficient (Wildman–Crippen LogP) is 1.40. The highest BCUT2D eigenvalue weighted by atomic mass is 32.1. The van der Waals surface area contributed by atoms with E-state index in [9.17, 15) is 19.7 Å². The van der Waals surface area contributed by atoms with Crippen molar-refractivity contribution in [2.45, 2.75) is 0 Å². The van der Waals surface area contributed by atoms with E-state index in [1.165, 1.54) is 5.38 Å². The fourth-order valence-electron chi connectivity index (χ4n) is 1.38. The minimum absolute atomic E-state index is 0.0321. The van der Waals surface area contributed by atoms with Gasteiger partial charge in [-0.05, 0) is 17.6 Å². The molecule has 0 aliphatic rings. The molecular formula is C10H6N4O5S. The quantitative estimate of drug-likeness (QED) is 0.642. The van der Waals surface area contributed by atoms with Crippen LogP contribution in [0.4, 0.5) is 11.4 Å². The van der Waals surface area contributed by atoms with Gasteiger partial charge in [-0.15, -0.1) is 5.10 Å². The second-order valence-electron chi connectivity index (χ2n) is 3.54. The summed E-state index contributed by atoms with van der Waals surface area (Å²) in [4.78, 5) is 32.7. The van der Waals surface area contributed by atoms with E-state index in [1.807, 2.05) is 0 Å². The molecule has 2 N–H and O–H groups in total. The van der Waals surface area contributed by atoms with Crippen LogP contribution in [0, 0.1) is 10.1 Å². The summed E-state index contributed by atoms with van der Waals surface area (Å²) in [5, 5.41) is 26.9. The Balaban J connectivity index is 2.34. The van der Waals surface area contributed by atoms with Gasteiger partial charge in [0.15, 0.2) is 5.69 Å². The van der Waals surface area contributed by atoms with Crippen LogP contribution in [0.5, 0.6) is 0 Å². The number of rotatable bonds is 4. The van der Waals surface area contributed by atoms with E-state index in [0.717, 1.165) is 29.7 Å². The van der Waals surface area contributed by atoms with Crippen molar-refractivity contribution >= 4 is 34.8 Å². The highest BCUT2D eigenvalue weighted by Gasteiger charge is 2.18. The molecule has 0 radical (unpaired) electrons. The van der Waals surface area contributed by atoms with Gasteiger partial charge >= 0.3 is 5.97 Å². The zero-order valence-electron chi connectivity index (χ0n) is 9.64. The van der Waals surface area contributed by atoms with Crippen LogP contribution in [0.15, 0.2) is 23.6 Å². The zero-order chi connectivity index (χ0) is 14.7. The highest BCUT2D eigenvalue weighted by molar-refractivity contribution is 7.03. The number of aromatic nitrogens is 2. The molecule has 0 spiro atoms. The Morgan fingerprint density at radius 3 is 2.70 bits per heavy atom. The number of nitrogens with one attached hydrogen (secondary N) is 1. The summed E-state index contributed by atoms with van der Waals surface area (Å²) in [5.74, 6) is -2.03. The summed E-state index contributed by atoms with van der Waals surface area (Å²) in [5.41, 5.74) is -0.780. The van der Waals surface area contributed by atoms with Crippen molar-refractivity contribution in [2.24, 2.45) is 0 Å². The largest absolute Gasteiger partial charge is 0.478 e. The average molecular weight is 294 g/mol. The molecule has 0 fully saturated rings. The Labute approximate surface area is 115 Å². The molecule has 1 aromatic heterocycles. The van der Waals surface area contributed by atoms with Gasteiger partial charge in [0.1, 0.15) is 0 Å². The van der Waals surface area contributed by atoms with E-state index >= 15 is 0 Å². The molecule has 1 heterocycles. The van der Waals surface area contributed by atoms with Crippen LogP contribution in [0.1, 0.15) is 20.8 Å². The van der Waals surface area contributed by atoms with Crippen LogP contribution in [-0.2, 0) is 0 Å². The van der Waals surface area contributed by atoms with E-state index < -0.39 is 16.8 Å². The molecule has 0 atom stereocenters. The number of hydrogen-bond donors (Lipinski definition) is 2. The summed E-state index contributed by atoms with van der Waals surface area (Å²) in [6, 6.07) is 3.12. The number of carboxylic acid groups (broad SMARTS) is 1. The fourth-order valence-corrected chi connectivity index (χ4v) is 1.82. The molecule has 0 saturated heterocycles. The van der Waals surface area contributed by atoms with Gasteiger partial charge in [-0.1, -0.05) is 4.49 Å². The maximum atomic E-state index is 11.7. The molecule has 1 amide bonds. The average Bonchev–Trinajstić information content (AvgIpc) is 2.92. The first-order valence-electron chi connectivity index (χ1n) is 5.09. The lowest BCUT2D eigenvalue weighted by Gasteiger charge is -2.06. The Morgan fingerprint density at radius 1 is 1.40 bits per heavy atom. The number of carboxylic acids is 1. The standard InChI is InChI=1S/C10H6N4O5S/c15-9(8-4-20-13-12-8)11-7-2-1-5(14(18)19)3-6(7)10(16)17/h1-4H,(H,11,15)(H,16,17). The molecule has 0 aliphatic heterocycles. The summed E-state index contributed by atoms with van der Waals surface area (Å²) >= 11 is 0.968. The number of nitro groups is 1. The number of aromatic carboxylic acids is 1. The van der Waals surface area contributed by atoms with E-state index in [4.69, 9.17) is 5.11 Å². The number of non-ortho nitro benzene ring substituents is 1. The molecule has 2 aromatic rings. The van der Waals surface area contributed by atoms with Gasteiger partial charge in [-0.25, -0.2) is 4.79 Å². The molecular weight excluding hydrogens is 288 g/mol. The first-order chi connectivity index (χ1) is 9.49. The van der Waals surface area contributed by atoms with Crippen molar-refractivity contribution in [3.05, 3.63) is 45.0 Å². The van der Waals surface area contributed by atoms with Gasteiger partial charge in [0.2, 0.25) is 0 Å². The van der Waals surface area contributed by atoms with E-state index in [-0.39, 0.29) is 22.6 Å². The van der Waals surface area contributed by atoms with Gasteiger partial charge in [-0.3, -0.25) is 14.9 Å². The van der Waals surface area contributed by atoms with E-state index in [0.29, 0.717) is 0 Å². The van der Waals surface area contributed by atoms with Gasteiger partial charge in [0.05, 0.1) is 16.2 Å². The number of benzene rings is 1. The lowest BCUT2D eigenvalue weighted by molar-refractivity contribution is -0.384. The molecule has 10 heteroatoms. The fraction of sp³-hybridized carbons (Fsp3) is 0. The normalized spacial score (nSPS) is 10.0. The van der Waals surface area contributed by atoms with Gasteiger partial charge in [0, 0.05) is 17.5 Å². The van der Waals surface area contributed by atoms with Crippen molar-refractivity contribution in [2.75, 3.05) is 5.32 Å². The third kappa shape index (κ3) is 2.75. The Kier molecular flexibility index (Phi) is 3.66. The Bertz CT molecular complexity index is 685. The maximum absolute atomic E-state index is 11.7. The van der Waals surface area contributed by atoms with Gasteiger partial charge in [0.25, 0.3) is 11.6 Å². The number of amides is 1. The molecule has 0 aliphatic carbocycles. The highest BCUT2D eigenvalue weighted by Crippen LogP contribution is 2.22. The van der Waals surface area contributed by atoms with Gasteiger partial charge < -0.3 is 10.4 Å². The lowest BCUT2D eigenvalue weighted by Crippen LogP contribution is -2.15. The zero-order valence-corrected chi connectivity index (χ0v) is 10.5. The Hall–Kier alpha value is -2.88. The third-order valence-electron chi connectivity index (χ3n) is 2.29. The molecule has 102 valence electrons. The van der Waals surface area contributed by atoms with Crippen LogP contribution in [0.25, 0.3) is 0 Å². The minimum atomic E-state index is -1.39. The number of carbonyl (C=O) groups is 2. The van der Waals surface area contributed by atoms with Crippen molar-refractivity contribution in [1.29, 1.82) is 0 Å². The van der Waals surface area contributed by atoms with Crippen LogP contribution in [0.3, 0.4) is 0 Å². The van der Waals surface area contributed by atoms with Crippen LogP contribution >= 0.6 is 11.5 Å². The van der Waals surface area contributed by atoms with E-state index in [1.54, 1.807) is 0 Å². The summed E-state index contributed by atoms with van der Waals surface area (Å²) in [6.07, 6.45) is 0. The third-order valence-corrected chi connectivity index (χ3v) is 2.79. The number of carbonyl (C=O) groups excluding carboxylic acids is 1.